The summed E-state index contributed by atoms with van der Waals surface area (Å²) in [7, 11) is 0. The lowest BCUT2D eigenvalue weighted by molar-refractivity contribution is -0.192. The summed E-state index contributed by atoms with van der Waals surface area (Å²) in [6.07, 6.45) is 6.53. The Balaban J connectivity index is 0.000000270. The number of hydrogen-bond acceptors (Lipinski definition) is 2. The van der Waals surface area contributed by atoms with E-state index in [0.29, 0.717) is 0 Å². The molecule has 21 heavy (non-hydrogen) atoms. The average molecular weight is 309 g/mol. The highest BCUT2D eigenvalue weighted by Crippen LogP contribution is 2.36. The zero-order chi connectivity index (χ0) is 16.0. The highest BCUT2D eigenvalue weighted by atomic mass is 19.4. The number of carboxylic acid groups (broad SMARTS) is 1. The Bertz CT molecular complexity index is 333. The zero-order valence-corrected chi connectivity index (χ0v) is 12.8. The van der Waals surface area contributed by atoms with Crippen molar-refractivity contribution in [2.24, 2.45) is 0 Å². The van der Waals surface area contributed by atoms with Crippen molar-refractivity contribution in [2.75, 3.05) is 0 Å². The Kier molecular flexibility index (Phi) is 6.97. The summed E-state index contributed by atoms with van der Waals surface area (Å²) < 4.78 is 31.7. The van der Waals surface area contributed by atoms with E-state index in [4.69, 9.17) is 9.90 Å². The minimum absolute atomic E-state index is 0.873. The number of piperidine rings is 1. The van der Waals surface area contributed by atoms with Crippen LogP contribution in [0.25, 0.3) is 0 Å². The van der Waals surface area contributed by atoms with Crippen LogP contribution in [0.2, 0.25) is 0 Å². The molecular formula is C15H26F3NO2. The molecule has 0 amide bonds. The molecule has 0 bridgehead atoms. The lowest BCUT2D eigenvalue weighted by atomic mass is 9.97. The third kappa shape index (κ3) is 5.49. The van der Waals surface area contributed by atoms with Gasteiger partial charge in [-0.25, -0.2) is 4.79 Å². The van der Waals surface area contributed by atoms with Gasteiger partial charge in [-0.15, -0.1) is 0 Å². The van der Waals surface area contributed by atoms with Gasteiger partial charge in [0.05, 0.1) is 0 Å². The standard InChI is InChI=1S/C13H25N.C2HF3O2/c1-3-4-7-12-9-10-13-8-5-6-11(2)14(12)13;3-2(4,5)1(6)7/h11-13H,3-10H2,1-2H3;(H,6,7)/t11-,12+,13-;/m0./s1. The lowest BCUT2D eigenvalue weighted by Crippen LogP contribution is -2.45. The summed E-state index contributed by atoms with van der Waals surface area (Å²) in [6, 6.07) is 2.77. The first-order valence-electron chi connectivity index (χ1n) is 7.84. The molecule has 1 N–H and O–H groups in total. The molecule has 2 saturated heterocycles. The molecule has 2 aliphatic rings. The van der Waals surface area contributed by atoms with Crippen molar-refractivity contribution in [1.29, 1.82) is 0 Å². The predicted octanol–water partition coefficient (Wildman–Crippen LogP) is 4.22. The minimum atomic E-state index is -5.08. The first kappa shape index (κ1) is 18.3. The van der Waals surface area contributed by atoms with Gasteiger partial charge in [-0.2, -0.15) is 13.2 Å². The molecule has 0 spiro atoms. The molecule has 0 saturated carbocycles. The van der Waals surface area contributed by atoms with Crippen molar-refractivity contribution in [3.05, 3.63) is 0 Å². The fraction of sp³-hybridized carbons (Fsp3) is 0.933. The number of carboxylic acids is 1. The van der Waals surface area contributed by atoms with Gasteiger partial charge in [-0.1, -0.05) is 26.2 Å². The Morgan fingerprint density at radius 1 is 1.24 bits per heavy atom. The number of unbranched alkanes of at least 4 members (excludes halogenated alkanes) is 1. The van der Waals surface area contributed by atoms with Gasteiger partial charge in [0.25, 0.3) is 0 Å². The molecule has 0 aromatic carbocycles. The van der Waals surface area contributed by atoms with Crippen LogP contribution in [0, 0.1) is 0 Å². The van der Waals surface area contributed by atoms with E-state index in [1.54, 1.807) is 0 Å². The van der Waals surface area contributed by atoms with Crippen LogP contribution in [0.3, 0.4) is 0 Å². The first-order chi connectivity index (χ1) is 9.77. The number of halogens is 3. The lowest BCUT2D eigenvalue weighted by Gasteiger charge is -2.39. The molecule has 2 aliphatic heterocycles. The summed E-state index contributed by atoms with van der Waals surface area (Å²) in [5.74, 6) is -2.76. The Hall–Kier alpha value is -0.780. The van der Waals surface area contributed by atoms with Gasteiger partial charge in [-0.3, -0.25) is 4.90 Å². The van der Waals surface area contributed by atoms with E-state index in [1.165, 1.54) is 51.4 Å². The predicted molar refractivity (Wildman–Crippen MR) is 75.2 cm³/mol. The van der Waals surface area contributed by atoms with E-state index in [0.717, 1.165) is 18.1 Å². The fourth-order valence-electron chi connectivity index (χ4n) is 3.53. The van der Waals surface area contributed by atoms with Gasteiger partial charge in [0.1, 0.15) is 0 Å². The molecule has 0 unspecified atom stereocenters. The molecule has 0 aromatic heterocycles. The number of rotatable bonds is 3. The van der Waals surface area contributed by atoms with Crippen molar-refractivity contribution in [3.8, 4) is 0 Å². The fourth-order valence-corrected chi connectivity index (χ4v) is 3.53. The van der Waals surface area contributed by atoms with Crippen LogP contribution in [-0.4, -0.2) is 40.3 Å². The van der Waals surface area contributed by atoms with E-state index in [-0.39, 0.29) is 0 Å². The third-order valence-corrected chi connectivity index (χ3v) is 4.48. The number of hydrogen-bond donors (Lipinski definition) is 1. The number of carbonyl (C=O) groups is 1. The van der Waals surface area contributed by atoms with Gasteiger partial charge in [-0.05, 0) is 39.0 Å². The van der Waals surface area contributed by atoms with Crippen LogP contribution >= 0.6 is 0 Å². The van der Waals surface area contributed by atoms with Crippen molar-refractivity contribution in [2.45, 2.75) is 89.5 Å². The molecule has 0 radical (unpaired) electrons. The maximum atomic E-state index is 10.6. The van der Waals surface area contributed by atoms with Crippen LogP contribution in [0.5, 0.6) is 0 Å². The second-order valence-corrected chi connectivity index (χ2v) is 6.06. The largest absolute Gasteiger partial charge is 0.490 e. The van der Waals surface area contributed by atoms with E-state index in [2.05, 4.69) is 18.7 Å². The summed E-state index contributed by atoms with van der Waals surface area (Å²) >= 11 is 0. The van der Waals surface area contributed by atoms with Crippen molar-refractivity contribution in [3.63, 3.8) is 0 Å². The third-order valence-electron chi connectivity index (χ3n) is 4.48. The number of aliphatic carboxylic acids is 1. The van der Waals surface area contributed by atoms with E-state index < -0.39 is 12.1 Å². The topological polar surface area (TPSA) is 40.5 Å². The van der Waals surface area contributed by atoms with Gasteiger partial charge >= 0.3 is 12.1 Å². The van der Waals surface area contributed by atoms with Crippen LogP contribution in [0.1, 0.15) is 65.2 Å². The van der Waals surface area contributed by atoms with E-state index in [1.807, 2.05) is 0 Å². The molecular weight excluding hydrogens is 283 g/mol. The maximum Gasteiger partial charge on any atom is 0.490 e. The highest BCUT2D eigenvalue weighted by molar-refractivity contribution is 5.73. The number of fused-ring (bicyclic) bond motifs is 1. The molecule has 0 aliphatic carbocycles. The molecule has 2 fully saturated rings. The van der Waals surface area contributed by atoms with Gasteiger partial charge in [0.15, 0.2) is 0 Å². The molecule has 2 heterocycles. The molecule has 6 heteroatoms. The van der Waals surface area contributed by atoms with Crippen molar-refractivity contribution >= 4 is 5.97 Å². The molecule has 3 nitrogen and oxygen atoms in total. The molecule has 2 rings (SSSR count). The van der Waals surface area contributed by atoms with Crippen LogP contribution < -0.4 is 0 Å². The Morgan fingerprint density at radius 3 is 2.38 bits per heavy atom. The molecule has 124 valence electrons. The zero-order valence-electron chi connectivity index (χ0n) is 12.8. The van der Waals surface area contributed by atoms with Gasteiger partial charge in [0, 0.05) is 18.1 Å². The monoisotopic (exact) mass is 309 g/mol. The number of alkyl halides is 3. The highest BCUT2D eigenvalue weighted by Gasteiger charge is 2.38. The van der Waals surface area contributed by atoms with Crippen molar-refractivity contribution < 1.29 is 23.1 Å². The average Bonchev–Trinajstić information content (AvgIpc) is 2.80. The van der Waals surface area contributed by atoms with Gasteiger partial charge < -0.3 is 5.11 Å². The molecule has 3 atom stereocenters. The van der Waals surface area contributed by atoms with Crippen LogP contribution in [0.15, 0.2) is 0 Å². The normalized spacial score (nSPS) is 29.5. The Morgan fingerprint density at radius 2 is 1.86 bits per heavy atom. The summed E-state index contributed by atoms with van der Waals surface area (Å²) in [6.45, 7) is 4.75. The summed E-state index contributed by atoms with van der Waals surface area (Å²) in [4.78, 5) is 11.8. The van der Waals surface area contributed by atoms with Crippen molar-refractivity contribution in [1.82, 2.24) is 4.90 Å². The summed E-state index contributed by atoms with van der Waals surface area (Å²) in [5.41, 5.74) is 0. The van der Waals surface area contributed by atoms with Gasteiger partial charge in [0.2, 0.25) is 0 Å². The second kappa shape index (κ2) is 8.01. The SMILES string of the molecule is CCCC[C@@H]1CC[C@@H]2CCC[C@H](C)N12.O=C(O)C(F)(F)F. The first-order valence-corrected chi connectivity index (χ1v) is 7.84. The van der Waals surface area contributed by atoms with E-state index >= 15 is 0 Å². The minimum Gasteiger partial charge on any atom is -0.475 e. The quantitative estimate of drug-likeness (QED) is 0.848. The Labute approximate surface area is 124 Å². The van der Waals surface area contributed by atoms with E-state index in [9.17, 15) is 13.2 Å². The number of nitrogens with zero attached hydrogens (tertiary/aromatic N) is 1. The summed E-state index contributed by atoms with van der Waals surface area (Å²) in [5, 5.41) is 7.12. The molecule has 0 aromatic rings. The van der Waals surface area contributed by atoms with Crippen LogP contribution in [0.4, 0.5) is 13.2 Å². The smallest absolute Gasteiger partial charge is 0.475 e. The second-order valence-electron chi connectivity index (χ2n) is 6.06. The van der Waals surface area contributed by atoms with Crippen LogP contribution in [-0.2, 0) is 4.79 Å². The maximum absolute atomic E-state index is 10.6.